The van der Waals surface area contributed by atoms with E-state index in [9.17, 15) is 24.5 Å². The van der Waals surface area contributed by atoms with Crippen LogP contribution in [0, 0.1) is 10.1 Å². The number of nitro groups is 1. The number of benzene rings is 2. The third kappa shape index (κ3) is 5.32. The molecule has 0 aliphatic heterocycles. The minimum absolute atomic E-state index is 0.148. The standard InChI is InChI=1S/C17H14N4O6S/c1-27-16(24)12-4-2-10(3-5-12)14(22)18-17(28)20-19-15(23)11-6-8-13(9-7-11)21(25)26/h2-9H,1H3,(H,19,23)(H2,18,20,22,28). The fourth-order valence-corrected chi connectivity index (χ4v) is 2.15. The van der Waals surface area contributed by atoms with Gasteiger partial charge in [-0.05, 0) is 48.6 Å². The fraction of sp³-hybridized carbons (Fsp3) is 0.0588. The van der Waals surface area contributed by atoms with Gasteiger partial charge in [-0.25, -0.2) is 4.79 Å². The number of non-ortho nitro benzene ring substituents is 1. The molecular weight excluding hydrogens is 388 g/mol. The molecule has 0 radical (unpaired) electrons. The zero-order chi connectivity index (χ0) is 20.7. The number of carbonyl (C=O) groups is 3. The van der Waals surface area contributed by atoms with Gasteiger partial charge in [-0.3, -0.25) is 35.9 Å². The summed E-state index contributed by atoms with van der Waals surface area (Å²) >= 11 is 4.92. The molecule has 10 nitrogen and oxygen atoms in total. The van der Waals surface area contributed by atoms with Crippen LogP contribution in [0.15, 0.2) is 48.5 Å². The van der Waals surface area contributed by atoms with E-state index in [-0.39, 0.29) is 27.5 Å². The van der Waals surface area contributed by atoms with Gasteiger partial charge in [-0.2, -0.15) is 0 Å². The highest BCUT2D eigenvalue weighted by Crippen LogP contribution is 2.11. The smallest absolute Gasteiger partial charge is 0.337 e. The average Bonchev–Trinajstić information content (AvgIpc) is 2.71. The van der Waals surface area contributed by atoms with Crippen LogP contribution in [0.4, 0.5) is 5.69 Å². The third-order valence-corrected chi connectivity index (χ3v) is 3.63. The van der Waals surface area contributed by atoms with Crippen LogP contribution in [-0.4, -0.2) is 34.9 Å². The van der Waals surface area contributed by atoms with E-state index < -0.39 is 22.7 Å². The summed E-state index contributed by atoms with van der Waals surface area (Å²) in [4.78, 5) is 45.4. The minimum atomic E-state index is -0.603. The van der Waals surface area contributed by atoms with Crippen LogP contribution in [0.3, 0.4) is 0 Å². The van der Waals surface area contributed by atoms with Crippen molar-refractivity contribution in [1.82, 2.24) is 16.2 Å². The van der Waals surface area contributed by atoms with Crippen LogP contribution in [0.1, 0.15) is 31.1 Å². The maximum atomic E-state index is 12.1. The summed E-state index contributed by atoms with van der Waals surface area (Å²) < 4.78 is 4.57. The van der Waals surface area contributed by atoms with Gasteiger partial charge in [0.25, 0.3) is 17.5 Å². The topological polar surface area (TPSA) is 140 Å². The molecule has 11 heteroatoms. The van der Waals surface area contributed by atoms with E-state index in [0.717, 1.165) is 0 Å². The number of nitrogens with one attached hydrogen (secondary N) is 3. The third-order valence-electron chi connectivity index (χ3n) is 3.43. The number of hydrazine groups is 1. The van der Waals surface area contributed by atoms with E-state index in [1.54, 1.807) is 0 Å². The first-order valence-corrected chi connectivity index (χ1v) is 8.07. The molecule has 3 N–H and O–H groups in total. The summed E-state index contributed by atoms with van der Waals surface area (Å²) in [6, 6.07) is 10.6. The molecule has 28 heavy (non-hydrogen) atoms. The Morgan fingerprint density at radius 1 is 0.893 bits per heavy atom. The minimum Gasteiger partial charge on any atom is -0.465 e. The second kappa shape index (κ2) is 9.19. The first-order chi connectivity index (χ1) is 13.3. The second-order valence-electron chi connectivity index (χ2n) is 5.24. The molecule has 2 aromatic carbocycles. The van der Waals surface area contributed by atoms with Crippen molar-refractivity contribution in [1.29, 1.82) is 0 Å². The lowest BCUT2D eigenvalue weighted by Crippen LogP contribution is -2.48. The van der Waals surface area contributed by atoms with Crippen molar-refractivity contribution < 1.29 is 24.0 Å². The fourth-order valence-electron chi connectivity index (χ4n) is 2.00. The Kier molecular flexibility index (Phi) is 6.71. The number of rotatable bonds is 4. The molecule has 0 aliphatic rings. The molecule has 0 spiro atoms. The number of carbonyl (C=O) groups excluding carboxylic acids is 3. The molecule has 0 aromatic heterocycles. The van der Waals surface area contributed by atoms with Gasteiger partial charge in [-0.1, -0.05) is 0 Å². The van der Waals surface area contributed by atoms with Crippen LogP contribution in [0.5, 0.6) is 0 Å². The molecule has 2 amide bonds. The van der Waals surface area contributed by atoms with Crippen molar-refractivity contribution in [2.24, 2.45) is 0 Å². The van der Waals surface area contributed by atoms with Crippen molar-refractivity contribution in [3.05, 3.63) is 75.3 Å². The van der Waals surface area contributed by atoms with Crippen LogP contribution in [0.25, 0.3) is 0 Å². The number of nitrogens with zero attached hydrogens (tertiary/aromatic N) is 1. The number of nitro benzene ring substituents is 1. The summed E-state index contributed by atoms with van der Waals surface area (Å²) in [5.74, 6) is -1.69. The summed E-state index contributed by atoms with van der Waals surface area (Å²) in [6.07, 6.45) is 0. The van der Waals surface area contributed by atoms with E-state index >= 15 is 0 Å². The van der Waals surface area contributed by atoms with Crippen LogP contribution >= 0.6 is 12.2 Å². The van der Waals surface area contributed by atoms with E-state index in [1.165, 1.54) is 55.6 Å². The van der Waals surface area contributed by atoms with Gasteiger partial charge in [-0.15, -0.1) is 0 Å². The van der Waals surface area contributed by atoms with Crippen molar-refractivity contribution in [3.8, 4) is 0 Å². The van der Waals surface area contributed by atoms with Gasteiger partial charge in [0.2, 0.25) is 0 Å². The van der Waals surface area contributed by atoms with Crippen LogP contribution < -0.4 is 16.2 Å². The van der Waals surface area contributed by atoms with E-state index in [2.05, 4.69) is 20.9 Å². The Labute approximate surface area is 164 Å². The van der Waals surface area contributed by atoms with Gasteiger partial charge in [0, 0.05) is 23.3 Å². The number of thiocarbonyl (C=S) groups is 1. The summed E-state index contributed by atoms with van der Waals surface area (Å²) in [7, 11) is 1.25. The van der Waals surface area contributed by atoms with E-state index in [0.29, 0.717) is 0 Å². The van der Waals surface area contributed by atoms with Crippen molar-refractivity contribution >= 4 is 40.8 Å². The first-order valence-electron chi connectivity index (χ1n) is 7.66. The maximum Gasteiger partial charge on any atom is 0.337 e. The number of amides is 2. The Morgan fingerprint density at radius 2 is 1.39 bits per heavy atom. The molecule has 2 aromatic rings. The van der Waals surface area contributed by atoms with Gasteiger partial charge < -0.3 is 4.74 Å². The molecule has 2 rings (SSSR count). The zero-order valence-electron chi connectivity index (χ0n) is 14.4. The Morgan fingerprint density at radius 3 is 1.93 bits per heavy atom. The molecule has 0 heterocycles. The molecule has 0 unspecified atom stereocenters. The average molecular weight is 402 g/mol. The molecule has 0 bridgehead atoms. The summed E-state index contributed by atoms with van der Waals surface area (Å²) in [6.45, 7) is 0. The molecule has 0 saturated carbocycles. The lowest BCUT2D eigenvalue weighted by atomic mass is 10.1. The van der Waals surface area contributed by atoms with Gasteiger partial charge in [0.15, 0.2) is 5.11 Å². The normalized spacial score (nSPS) is 9.75. The zero-order valence-corrected chi connectivity index (χ0v) is 15.2. The second-order valence-corrected chi connectivity index (χ2v) is 5.64. The lowest BCUT2D eigenvalue weighted by molar-refractivity contribution is -0.384. The van der Waals surface area contributed by atoms with Crippen LogP contribution in [-0.2, 0) is 4.74 Å². The highest BCUT2D eigenvalue weighted by molar-refractivity contribution is 7.80. The molecule has 0 atom stereocenters. The van der Waals surface area contributed by atoms with Crippen molar-refractivity contribution in [2.45, 2.75) is 0 Å². The monoisotopic (exact) mass is 402 g/mol. The quantitative estimate of drug-likeness (QED) is 0.301. The van der Waals surface area contributed by atoms with Crippen molar-refractivity contribution in [3.63, 3.8) is 0 Å². The Hall–Kier alpha value is -3.86. The molecule has 0 aliphatic carbocycles. The summed E-state index contributed by atoms with van der Waals surface area (Å²) in [5, 5.41) is 12.8. The predicted octanol–water partition coefficient (Wildman–Crippen LogP) is 1.33. The van der Waals surface area contributed by atoms with Gasteiger partial charge in [0.1, 0.15) is 0 Å². The largest absolute Gasteiger partial charge is 0.465 e. The molecular formula is C17H14N4O6S. The van der Waals surface area contributed by atoms with Crippen molar-refractivity contribution in [2.75, 3.05) is 7.11 Å². The Balaban J connectivity index is 1.87. The summed E-state index contributed by atoms with van der Waals surface area (Å²) in [5.41, 5.74) is 5.14. The Bertz CT molecular complexity index is 928. The number of hydrogen-bond acceptors (Lipinski definition) is 7. The predicted molar refractivity (Wildman–Crippen MR) is 102 cm³/mol. The SMILES string of the molecule is COC(=O)c1ccc(C(=O)NC(=S)NNC(=O)c2ccc([N+](=O)[O-])cc2)cc1. The van der Waals surface area contributed by atoms with E-state index in [4.69, 9.17) is 12.2 Å². The number of methoxy groups -OCH3 is 1. The maximum absolute atomic E-state index is 12.1. The number of ether oxygens (including phenoxy) is 1. The molecule has 0 fully saturated rings. The number of hydrogen-bond donors (Lipinski definition) is 3. The highest BCUT2D eigenvalue weighted by Gasteiger charge is 2.12. The first kappa shape index (κ1) is 20.5. The molecule has 0 saturated heterocycles. The van der Waals surface area contributed by atoms with E-state index in [1.807, 2.05) is 0 Å². The highest BCUT2D eigenvalue weighted by atomic mass is 32.1. The van der Waals surface area contributed by atoms with Gasteiger partial charge >= 0.3 is 5.97 Å². The molecule has 144 valence electrons. The number of esters is 1. The van der Waals surface area contributed by atoms with Gasteiger partial charge in [0.05, 0.1) is 17.6 Å². The lowest BCUT2D eigenvalue weighted by Gasteiger charge is -2.11. The van der Waals surface area contributed by atoms with Crippen LogP contribution in [0.2, 0.25) is 0 Å².